The van der Waals surface area contributed by atoms with Crippen LogP contribution >= 0.6 is 11.6 Å². The van der Waals surface area contributed by atoms with Crippen LogP contribution in [-0.4, -0.2) is 133 Å². The number of imidazole rings is 1. The quantitative estimate of drug-likeness (QED) is 0.0502. The molecule has 0 bridgehead atoms. The van der Waals surface area contributed by atoms with E-state index in [-0.39, 0.29) is 30.5 Å². The molecule has 4 aromatic carbocycles. The van der Waals surface area contributed by atoms with E-state index in [4.69, 9.17) is 50.7 Å². The number of para-hydroxylation sites is 1. The van der Waals surface area contributed by atoms with Crippen molar-refractivity contribution in [2.75, 3.05) is 51.8 Å². The van der Waals surface area contributed by atoms with Crippen LogP contribution in [0, 0.1) is 5.41 Å². The Morgan fingerprint density at radius 2 is 1.47 bits per heavy atom. The topological polar surface area (TPSA) is 247 Å². The maximum atomic E-state index is 13.0. The number of hydrogen-bond acceptors (Lipinski definition) is 15. The lowest BCUT2D eigenvalue weighted by molar-refractivity contribution is -0.140. The summed E-state index contributed by atoms with van der Waals surface area (Å²) < 4.78 is 35.1. The highest BCUT2D eigenvalue weighted by Gasteiger charge is 2.48. The smallest absolute Gasteiger partial charge is 0.296 e. The number of rotatable bonds is 18. The van der Waals surface area contributed by atoms with Gasteiger partial charge >= 0.3 is 0 Å². The van der Waals surface area contributed by atoms with Gasteiger partial charge in [0.15, 0.2) is 17.4 Å². The van der Waals surface area contributed by atoms with E-state index in [1.54, 1.807) is 6.07 Å². The average Bonchev–Trinajstić information content (AvgIpc) is 4.29. The number of aliphatic hydroxyl groups excluding tert-OH is 1. The number of amides is 2. The lowest BCUT2D eigenvalue weighted by atomic mass is 9.88. The van der Waals surface area contributed by atoms with E-state index < -0.39 is 29.3 Å². The molecule has 6 N–H and O–H groups in total. The van der Waals surface area contributed by atoms with Crippen LogP contribution in [0.25, 0.3) is 55.8 Å². The van der Waals surface area contributed by atoms with E-state index in [1.807, 2.05) is 136 Å². The molecule has 19 nitrogen and oxygen atoms in total. The van der Waals surface area contributed by atoms with Crippen molar-refractivity contribution in [3.8, 4) is 56.9 Å². The fourth-order valence-electron chi connectivity index (χ4n) is 9.75. The highest BCUT2D eigenvalue weighted by atomic mass is 35.5. The maximum Gasteiger partial charge on any atom is 0.296 e. The number of halogens is 1. The minimum atomic E-state index is -0.658. The molecule has 4 atom stereocenters. The monoisotopic (exact) mass is 1090 g/mol. The number of benzene rings is 4. The van der Waals surface area contributed by atoms with Gasteiger partial charge in [0.25, 0.3) is 6.01 Å². The Hall–Kier alpha value is -7.68. The fraction of sp³-hybridized carbons (Fsp3) is 0.373. The van der Waals surface area contributed by atoms with Gasteiger partial charge in [-0.1, -0.05) is 80.0 Å². The van der Waals surface area contributed by atoms with Crippen LogP contribution in [0.5, 0.6) is 23.3 Å². The first-order valence-corrected chi connectivity index (χ1v) is 27.0. The summed E-state index contributed by atoms with van der Waals surface area (Å²) in [6, 6.07) is 35.1. The Labute approximate surface area is 462 Å². The van der Waals surface area contributed by atoms with Gasteiger partial charge in [-0.3, -0.25) is 14.7 Å². The van der Waals surface area contributed by atoms with Crippen LogP contribution in [-0.2, 0) is 23.8 Å². The molecule has 11 rings (SSSR count). The number of pyridine rings is 1. The van der Waals surface area contributed by atoms with Crippen LogP contribution in [0.4, 0.5) is 5.82 Å². The Morgan fingerprint density at radius 1 is 0.797 bits per heavy atom. The molecule has 20 heteroatoms. The summed E-state index contributed by atoms with van der Waals surface area (Å²) >= 11 is 6.67. The second-order valence-corrected chi connectivity index (χ2v) is 21.5. The van der Waals surface area contributed by atoms with Gasteiger partial charge in [0.2, 0.25) is 11.8 Å². The predicted molar refractivity (Wildman–Crippen MR) is 300 cm³/mol. The van der Waals surface area contributed by atoms with Crippen LogP contribution in [0.15, 0.2) is 116 Å². The molecule has 7 heterocycles. The Morgan fingerprint density at radius 3 is 2.22 bits per heavy atom. The van der Waals surface area contributed by atoms with Gasteiger partial charge in [-0.15, -0.1) is 0 Å². The van der Waals surface area contributed by atoms with Gasteiger partial charge in [-0.05, 0) is 105 Å². The Bertz CT molecular complexity index is 3350. The number of anilines is 1. The summed E-state index contributed by atoms with van der Waals surface area (Å²) in [7, 11) is 0. The summed E-state index contributed by atoms with van der Waals surface area (Å²) in [5, 5.41) is 21.3. The molecule has 3 aliphatic rings. The third kappa shape index (κ3) is 13.3. The third-order valence-corrected chi connectivity index (χ3v) is 14.6. The minimum Gasteiger partial charge on any atom is -0.492 e. The number of carbonyl (C=O) groups excluding carboxylic acids is 2. The number of nitrogens with zero attached hydrogens (tertiary/aromatic N) is 6. The van der Waals surface area contributed by atoms with E-state index in [1.165, 1.54) is 12.7 Å². The van der Waals surface area contributed by atoms with Crippen LogP contribution in [0.2, 0.25) is 5.02 Å². The van der Waals surface area contributed by atoms with Crippen molar-refractivity contribution in [3.05, 3.63) is 121 Å². The second kappa shape index (κ2) is 24.1. The Balaban J connectivity index is 0.000000253. The number of piperidine rings is 1. The number of aromatic amines is 2. The number of aromatic nitrogens is 7. The largest absolute Gasteiger partial charge is 0.492 e. The van der Waals surface area contributed by atoms with Crippen molar-refractivity contribution in [2.24, 2.45) is 5.41 Å². The van der Waals surface area contributed by atoms with Gasteiger partial charge in [-0.25, -0.2) is 15.0 Å². The standard InChI is InChI=1S/C42H52ClN5O8.C17H13N5O/c1-41(2,16-20-55-42(3,4)23-34(50)48-18-6-5-7-19-48)39(51)44-17-21-52-29-14-12-27(13-15-29)26-8-10-28(11-9-26)35-30(43)22-31-38(46-35)47-40(45-31)56-33-25-54-36-32(49)24-53-37(33)36;18-16-14-15(21-22-17(14)20-10-19-16)11-6-8-13(9-7-11)23-12-4-2-1-3-5-12/h8-15,22,32-33,36-37,49H,5-7,16-21,23-25H2,1-4H3,(H,44,51)(H,45,46,47);1-10H,(H3,18,19,20,21,22). The zero-order valence-electron chi connectivity index (χ0n) is 44.6. The van der Waals surface area contributed by atoms with Crippen molar-refractivity contribution in [1.82, 2.24) is 45.3 Å². The van der Waals surface area contributed by atoms with E-state index in [9.17, 15) is 14.7 Å². The molecule has 3 fully saturated rings. The fourth-order valence-corrected chi connectivity index (χ4v) is 10.0. The molecule has 0 spiro atoms. The van der Waals surface area contributed by atoms with E-state index >= 15 is 0 Å². The molecule has 3 aliphatic heterocycles. The first kappa shape index (κ1) is 54.7. The third-order valence-electron chi connectivity index (χ3n) is 14.3. The molecule has 0 saturated carbocycles. The molecule has 4 aromatic heterocycles. The van der Waals surface area contributed by atoms with Gasteiger partial charge < -0.3 is 54.5 Å². The number of fused-ring (bicyclic) bond motifs is 3. The van der Waals surface area contributed by atoms with Gasteiger partial charge in [0.1, 0.15) is 54.3 Å². The molecule has 79 heavy (non-hydrogen) atoms. The molecule has 3 saturated heterocycles. The number of likely N-dealkylation sites (tertiary alicyclic amines) is 1. The zero-order valence-corrected chi connectivity index (χ0v) is 45.4. The lowest BCUT2D eigenvalue weighted by Crippen LogP contribution is -2.42. The number of hydrogen-bond donors (Lipinski definition) is 5. The first-order chi connectivity index (χ1) is 38.2. The summed E-state index contributed by atoms with van der Waals surface area (Å²) in [6.45, 7) is 10.9. The number of ether oxygens (including phenoxy) is 6. The summed E-state index contributed by atoms with van der Waals surface area (Å²) in [4.78, 5) is 48.1. The normalized spacial score (nSPS) is 18.2. The molecular formula is C59H65ClN10O9. The summed E-state index contributed by atoms with van der Waals surface area (Å²) in [6.07, 6.45) is 3.79. The predicted octanol–water partition coefficient (Wildman–Crippen LogP) is 9.35. The van der Waals surface area contributed by atoms with Crippen LogP contribution in [0.3, 0.4) is 0 Å². The minimum absolute atomic E-state index is 0.0697. The summed E-state index contributed by atoms with van der Waals surface area (Å²) in [5.74, 6) is 2.73. The first-order valence-electron chi connectivity index (χ1n) is 26.6. The van der Waals surface area contributed by atoms with Crippen molar-refractivity contribution in [3.63, 3.8) is 0 Å². The van der Waals surface area contributed by atoms with Crippen molar-refractivity contribution >= 4 is 51.4 Å². The van der Waals surface area contributed by atoms with Gasteiger partial charge in [-0.2, -0.15) is 10.1 Å². The molecule has 4 unspecified atom stereocenters. The van der Waals surface area contributed by atoms with Crippen LogP contribution < -0.4 is 25.3 Å². The Kier molecular flexibility index (Phi) is 16.7. The van der Waals surface area contributed by atoms with Crippen LogP contribution in [0.1, 0.15) is 59.8 Å². The second-order valence-electron chi connectivity index (χ2n) is 21.1. The van der Waals surface area contributed by atoms with E-state index in [2.05, 4.69) is 35.5 Å². The average molecular weight is 1090 g/mol. The molecule has 2 amide bonds. The number of H-pyrrole nitrogens is 2. The molecule has 8 aromatic rings. The molecule has 0 radical (unpaired) electrons. The number of aliphatic hydroxyl groups is 1. The van der Waals surface area contributed by atoms with Crippen molar-refractivity contribution in [2.45, 2.75) is 89.8 Å². The van der Waals surface area contributed by atoms with Gasteiger partial charge in [0.05, 0.1) is 59.1 Å². The molecular weight excluding hydrogens is 1030 g/mol. The molecule has 412 valence electrons. The lowest BCUT2D eigenvalue weighted by Gasteiger charge is -2.32. The zero-order chi connectivity index (χ0) is 55.1. The highest BCUT2D eigenvalue weighted by molar-refractivity contribution is 6.33. The maximum absolute atomic E-state index is 13.0. The van der Waals surface area contributed by atoms with E-state index in [0.29, 0.717) is 78.3 Å². The van der Waals surface area contributed by atoms with Gasteiger partial charge in [0, 0.05) is 36.2 Å². The number of nitrogens with two attached hydrogens (primary N) is 1. The van der Waals surface area contributed by atoms with E-state index in [0.717, 1.165) is 70.8 Å². The van der Waals surface area contributed by atoms with Crippen molar-refractivity contribution in [1.29, 1.82) is 0 Å². The molecule has 0 aliphatic carbocycles. The summed E-state index contributed by atoms with van der Waals surface area (Å²) in [5.41, 5.74) is 11.6. The number of nitrogens with one attached hydrogen (secondary N) is 3. The SMILES string of the molecule is CC(C)(CC(=O)N1CCCCC1)OCCC(C)(C)C(=O)NCCOc1ccc(-c2ccc(-c3nc4nc(OC5COC6C(O)COC56)[nH]c4cc3Cl)cc2)cc1.Nc1ncnc2n[nH]c(-c3ccc(Oc4ccccc4)cc3)c12. The highest BCUT2D eigenvalue weighted by Crippen LogP contribution is 2.35. The number of nitrogen functional groups attached to an aromatic ring is 1. The van der Waals surface area contributed by atoms with Crippen molar-refractivity contribution < 1.29 is 43.1 Å². The number of carbonyl (C=O) groups is 2.